The molecule has 1 heterocycles. The van der Waals surface area contributed by atoms with Crippen LogP contribution in [0.3, 0.4) is 0 Å². The SMILES string of the molecule is C1CCOC1.[B]F. The molecule has 1 rings (SSSR count). The summed E-state index contributed by atoms with van der Waals surface area (Å²) in [6.45, 7) is 2.00. The minimum absolute atomic E-state index is 1.00. The highest BCUT2D eigenvalue weighted by molar-refractivity contribution is 5.96. The lowest BCUT2D eigenvalue weighted by Gasteiger charge is -1.76. The van der Waals surface area contributed by atoms with E-state index in [1.807, 2.05) is 0 Å². The highest BCUT2D eigenvalue weighted by Crippen LogP contribution is 1.98. The number of ether oxygens (including phenoxy) is 1. The largest absolute Gasteiger partial charge is 0.381 e. The van der Waals surface area contributed by atoms with Crippen LogP contribution in [0.25, 0.3) is 0 Å². The van der Waals surface area contributed by atoms with Crippen LogP contribution in [0.5, 0.6) is 0 Å². The molecule has 1 aliphatic heterocycles. The van der Waals surface area contributed by atoms with Crippen LogP contribution in [0.2, 0.25) is 0 Å². The molecule has 0 bridgehead atoms. The fraction of sp³-hybridized carbons (Fsp3) is 1.00. The van der Waals surface area contributed by atoms with Crippen molar-refractivity contribution < 1.29 is 9.05 Å². The molecule has 0 aromatic heterocycles. The second kappa shape index (κ2) is 5.95. The van der Waals surface area contributed by atoms with Gasteiger partial charge in [0.25, 0.3) is 0 Å². The van der Waals surface area contributed by atoms with Crippen molar-refractivity contribution in [1.29, 1.82) is 0 Å². The van der Waals surface area contributed by atoms with Gasteiger partial charge in [-0.15, -0.1) is 0 Å². The third kappa shape index (κ3) is 3.79. The molecule has 1 aliphatic rings. The van der Waals surface area contributed by atoms with E-state index in [2.05, 4.69) is 8.12 Å². The first-order chi connectivity index (χ1) is 3.50. The number of halogens is 1. The van der Waals surface area contributed by atoms with Crippen molar-refractivity contribution in [2.45, 2.75) is 12.8 Å². The first kappa shape index (κ1) is 6.95. The first-order valence-electron chi connectivity index (χ1n) is 2.30. The van der Waals surface area contributed by atoms with Gasteiger partial charge in [-0.2, -0.15) is 0 Å². The van der Waals surface area contributed by atoms with Crippen LogP contribution in [0, 0.1) is 0 Å². The van der Waals surface area contributed by atoms with Crippen molar-refractivity contribution in [3.8, 4) is 0 Å². The van der Waals surface area contributed by atoms with Crippen molar-refractivity contribution in [2.24, 2.45) is 0 Å². The molecule has 0 amide bonds. The van der Waals surface area contributed by atoms with E-state index in [-0.39, 0.29) is 0 Å². The van der Waals surface area contributed by atoms with Crippen LogP contribution in [-0.2, 0) is 4.74 Å². The minimum Gasteiger partial charge on any atom is -0.381 e. The average molecular weight is 102 g/mol. The van der Waals surface area contributed by atoms with Crippen molar-refractivity contribution in [1.82, 2.24) is 0 Å². The summed E-state index contributed by atoms with van der Waals surface area (Å²) in [5.41, 5.74) is 0. The Hall–Kier alpha value is -0.0451. The van der Waals surface area contributed by atoms with Gasteiger partial charge in [0, 0.05) is 13.2 Å². The Kier molecular flexibility index (Phi) is 5.92. The molecule has 0 aromatic carbocycles. The normalized spacial score (nSPS) is 17.9. The lowest BCUT2D eigenvalue weighted by molar-refractivity contribution is 0.198. The minimum atomic E-state index is 1.00. The van der Waals surface area contributed by atoms with Crippen LogP contribution < -0.4 is 0 Å². The molecule has 0 unspecified atom stereocenters. The lowest BCUT2D eigenvalue weighted by Crippen LogP contribution is -1.74. The van der Waals surface area contributed by atoms with Crippen molar-refractivity contribution in [3.63, 3.8) is 0 Å². The van der Waals surface area contributed by atoms with Crippen LogP contribution >= 0.6 is 0 Å². The van der Waals surface area contributed by atoms with E-state index in [1.54, 1.807) is 0 Å². The maximum atomic E-state index is 9.00. The fourth-order valence-corrected chi connectivity index (χ4v) is 0.510. The molecule has 40 valence electrons. The molecular weight excluding hydrogens is 93.9 g/mol. The summed E-state index contributed by atoms with van der Waals surface area (Å²) in [6.07, 6.45) is 2.56. The Bertz CT molecular complexity index is 23.3. The summed E-state index contributed by atoms with van der Waals surface area (Å²) < 4.78 is 13.9. The molecular formula is C4H8BFO. The quantitative estimate of drug-likeness (QED) is 0.411. The highest BCUT2D eigenvalue weighted by Gasteiger charge is 1.94. The summed E-state index contributed by atoms with van der Waals surface area (Å²) in [6, 6.07) is 0. The molecule has 0 atom stereocenters. The monoisotopic (exact) mass is 102 g/mol. The predicted octanol–water partition coefficient (Wildman–Crippen LogP) is 0.836. The smallest absolute Gasteiger partial charge is 0.350 e. The van der Waals surface area contributed by atoms with Crippen molar-refractivity contribution in [3.05, 3.63) is 0 Å². The zero-order chi connectivity index (χ0) is 5.54. The Morgan fingerprint density at radius 1 is 1.14 bits per heavy atom. The molecule has 0 saturated carbocycles. The van der Waals surface area contributed by atoms with Gasteiger partial charge < -0.3 is 9.05 Å². The Labute approximate surface area is 44.3 Å². The van der Waals surface area contributed by atoms with Gasteiger partial charge in [0.2, 0.25) is 0 Å². The number of rotatable bonds is 0. The molecule has 1 fully saturated rings. The van der Waals surface area contributed by atoms with Crippen molar-refractivity contribution in [2.75, 3.05) is 13.2 Å². The molecule has 3 heteroatoms. The zero-order valence-electron chi connectivity index (χ0n) is 4.19. The molecule has 0 spiro atoms. The summed E-state index contributed by atoms with van der Waals surface area (Å²) in [5.74, 6) is 0. The van der Waals surface area contributed by atoms with Gasteiger partial charge in [-0.05, 0) is 12.8 Å². The molecule has 1 saturated heterocycles. The molecule has 2 radical (unpaired) electrons. The van der Waals surface area contributed by atoms with E-state index >= 15 is 0 Å². The van der Waals surface area contributed by atoms with Gasteiger partial charge in [-0.25, -0.2) is 0 Å². The zero-order valence-corrected chi connectivity index (χ0v) is 4.19. The first-order valence-corrected chi connectivity index (χ1v) is 2.30. The fourth-order valence-electron chi connectivity index (χ4n) is 0.510. The number of hydrogen-bond acceptors (Lipinski definition) is 1. The third-order valence-electron chi connectivity index (χ3n) is 0.827. The van der Waals surface area contributed by atoms with Crippen LogP contribution in [0.15, 0.2) is 0 Å². The van der Waals surface area contributed by atoms with E-state index in [9.17, 15) is 0 Å². The second-order valence-electron chi connectivity index (χ2n) is 1.32. The van der Waals surface area contributed by atoms with Crippen LogP contribution in [0.1, 0.15) is 12.8 Å². The summed E-state index contributed by atoms with van der Waals surface area (Å²) in [4.78, 5) is 0. The van der Waals surface area contributed by atoms with Crippen molar-refractivity contribution >= 4 is 8.12 Å². The van der Waals surface area contributed by atoms with Gasteiger partial charge in [-0.1, -0.05) is 0 Å². The molecule has 1 nitrogen and oxygen atoms in total. The summed E-state index contributed by atoms with van der Waals surface area (Å²) >= 11 is 0. The lowest BCUT2D eigenvalue weighted by atomic mass is 10.4. The Morgan fingerprint density at radius 2 is 1.57 bits per heavy atom. The summed E-state index contributed by atoms with van der Waals surface area (Å²) in [5, 5.41) is 0. The molecule has 0 aliphatic carbocycles. The maximum absolute atomic E-state index is 9.00. The van der Waals surface area contributed by atoms with Gasteiger partial charge in [0.05, 0.1) is 0 Å². The Morgan fingerprint density at radius 3 is 1.71 bits per heavy atom. The van der Waals surface area contributed by atoms with Gasteiger partial charge in [0.1, 0.15) is 0 Å². The Balaban J connectivity index is 0.000000162. The maximum Gasteiger partial charge on any atom is 0.350 e. The van der Waals surface area contributed by atoms with Gasteiger partial charge in [0.15, 0.2) is 0 Å². The summed E-state index contributed by atoms with van der Waals surface area (Å²) in [7, 11) is 3.00. The predicted molar refractivity (Wildman–Crippen MR) is 26.9 cm³/mol. The van der Waals surface area contributed by atoms with E-state index in [0.717, 1.165) is 13.2 Å². The van der Waals surface area contributed by atoms with Crippen LogP contribution in [-0.4, -0.2) is 21.3 Å². The number of hydrogen-bond donors (Lipinski definition) is 0. The molecule has 0 aromatic rings. The average Bonchev–Trinajstić information content (AvgIpc) is 2.23. The standard InChI is InChI=1S/C4H8O.BF/c1-2-4-5-3-1;1-2/h1-4H2;. The topological polar surface area (TPSA) is 9.23 Å². The van der Waals surface area contributed by atoms with Crippen LogP contribution in [0.4, 0.5) is 4.32 Å². The van der Waals surface area contributed by atoms with E-state index in [0.29, 0.717) is 0 Å². The molecule has 7 heavy (non-hydrogen) atoms. The van der Waals surface area contributed by atoms with E-state index in [1.165, 1.54) is 12.8 Å². The highest BCUT2D eigenvalue weighted by atomic mass is 19.1. The third-order valence-corrected chi connectivity index (χ3v) is 0.827. The van der Waals surface area contributed by atoms with Gasteiger partial charge in [-0.3, -0.25) is 0 Å². The molecule has 0 N–H and O–H groups in total. The second-order valence-corrected chi connectivity index (χ2v) is 1.32. The van der Waals surface area contributed by atoms with Gasteiger partial charge >= 0.3 is 8.12 Å². The van der Waals surface area contributed by atoms with E-state index in [4.69, 9.17) is 9.05 Å². The van der Waals surface area contributed by atoms with E-state index < -0.39 is 0 Å².